The molecule has 0 fully saturated rings. The second kappa shape index (κ2) is 3.78. The summed E-state index contributed by atoms with van der Waals surface area (Å²) >= 11 is 5.19. The van der Waals surface area contributed by atoms with Gasteiger partial charge in [0, 0.05) is 6.07 Å². The van der Waals surface area contributed by atoms with Crippen LogP contribution < -0.4 is 0 Å². The van der Waals surface area contributed by atoms with Gasteiger partial charge in [-0.3, -0.25) is 5.10 Å². The Kier molecular flexibility index (Phi) is 2.26. The van der Waals surface area contributed by atoms with Crippen molar-refractivity contribution < 1.29 is 0 Å². The van der Waals surface area contributed by atoms with E-state index in [9.17, 15) is 0 Å². The lowest BCUT2D eigenvalue weighted by molar-refractivity contribution is 0.853. The molecule has 0 radical (unpaired) electrons. The molecule has 84 valence electrons. The van der Waals surface area contributed by atoms with Gasteiger partial charge >= 0.3 is 0 Å². The summed E-state index contributed by atoms with van der Waals surface area (Å²) in [6, 6.07) is 12.0. The number of fused-ring (bicyclic) bond motifs is 1. The highest BCUT2D eigenvalue weighted by Gasteiger charge is 2.05. The van der Waals surface area contributed by atoms with Gasteiger partial charge in [-0.15, -0.1) is 0 Å². The molecule has 3 rings (SSSR count). The van der Waals surface area contributed by atoms with Gasteiger partial charge < -0.3 is 0 Å². The smallest absolute Gasteiger partial charge is 0.222 e. The second-order valence-electron chi connectivity index (χ2n) is 3.78. The molecule has 0 aliphatic heterocycles. The van der Waals surface area contributed by atoms with Crippen LogP contribution in [0.2, 0.25) is 0 Å². The third-order valence-corrected chi connectivity index (χ3v) is 2.82. The lowest BCUT2D eigenvalue weighted by Crippen LogP contribution is -1.97. The quantitative estimate of drug-likeness (QED) is 0.667. The Labute approximate surface area is 103 Å². The van der Waals surface area contributed by atoms with E-state index in [1.807, 2.05) is 43.3 Å². The average Bonchev–Trinajstić information content (AvgIpc) is 2.74. The molecule has 2 aromatic heterocycles. The Hall–Kier alpha value is -2.01. The highest BCUT2D eigenvalue weighted by molar-refractivity contribution is 7.71. The number of rotatable bonds is 1. The highest BCUT2D eigenvalue weighted by Crippen LogP contribution is 2.18. The molecule has 0 spiro atoms. The largest absolute Gasteiger partial charge is 0.290 e. The molecule has 2 heterocycles. The molecule has 0 bridgehead atoms. The van der Waals surface area contributed by atoms with Crippen LogP contribution in [0, 0.1) is 11.7 Å². The molecule has 0 saturated carbocycles. The van der Waals surface area contributed by atoms with Crippen molar-refractivity contribution >= 4 is 17.9 Å². The van der Waals surface area contributed by atoms with Gasteiger partial charge in [-0.1, -0.05) is 30.3 Å². The topological polar surface area (TPSA) is 46.0 Å². The summed E-state index contributed by atoms with van der Waals surface area (Å²) < 4.78 is 2.21. The number of hydrogen-bond acceptors (Lipinski definition) is 3. The van der Waals surface area contributed by atoms with Gasteiger partial charge in [-0.2, -0.15) is 0 Å². The molecule has 0 unspecified atom stereocenters. The van der Waals surface area contributed by atoms with Crippen LogP contribution >= 0.6 is 12.2 Å². The van der Waals surface area contributed by atoms with Crippen molar-refractivity contribution in [1.82, 2.24) is 19.6 Å². The molecule has 0 aliphatic rings. The Morgan fingerprint density at radius 2 is 1.94 bits per heavy atom. The fourth-order valence-corrected chi connectivity index (χ4v) is 2.05. The van der Waals surface area contributed by atoms with E-state index in [0.717, 1.165) is 16.9 Å². The van der Waals surface area contributed by atoms with E-state index >= 15 is 0 Å². The summed E-state index contributed by atoms with van der Waals surface area (Å²) in [6.45, 7) is 1.84. The number of aryl methyl sites for hydroxylation is 1. The van der Waals surface area contributed by atoms with Gasteiger partial charge in [0.1, 0.15) is 5.82 Å². The molecule has 17 heavy (non-hydrogen) atoms. The van der Waals surface area contributed by atoms with Crippen molar-refractivity contribution in [3.05, 3.63) is 47.0 Å². The zero-order chi connectivity index (χ0) is 11.8. The summed E-state index contributed by atoms with van der Waals surface area (Å²) in [5.41, 5.74) is 2.88. The van der Waals surface area contributed by atoms with Crippen molar-refractivity contribution in [2.24, 2.45) is 0 Å². The zero-order valence-corrected chi connectivity index (χ0v) is 10.0. The summed E-state index contributed by atoms with van der Waals surface area (Å²) in [4.78, 5) is 8.48. The van der Waals surface area contributed by atoms with Crippen LogP contribution in [-0.2, 0) is 0 Å². The van der Waals surface area contributed by atoms with Crippen LogP contribution in [0.4, 0.5) is 0 Å². The van der Waals surface area contributed by atoms with Crippen molar-refractivity contribution in [2.75, 3.05) is 0 Å². The Balaban J connectivity index is 2.28. The van der Waals surface area contributed by atoms with Crippen molar-refractivity contribution in [2.45, 2.75) is 6.92 Å². The molecule has 1 aromatic carbocycles. The van der Waals surface area contributed by atoms with Crippen molar-refractivity contribution in [3.63, 3.8) is 0 Å². The Morgan fingerprint density at radius 1 is 1.18 bits per heavy atom. The fraction of sp³-hybridized carbons (Fsp3) is 0.0833. The van der Waals surface area contributed by atoms with Gasteiger partial charge in [0.05, 0.1) is 5.69 Å². The molecule has 0 aliphatic carbocycles. The maximum Gasteiger partial charge on any atom is 0.222 e. The van der Waals surface area contributed by atoms with Crippen molar-refractivity contribution in [3.8, 4) is 11.3 Å². The van der Waals surface area contributed by atoms with E-state index < -0.39 is 0 Å². The van der Waals surface area contributed by atoms with E-state index in [2.05, 4.69) is 15.1 Å². The van der Waals surface area contributed by atoms with Gasteiger partial charge in [-0.05, 0) is 24.7 Å². The molecule has 0 amide bonds. The number of aromatic nitrogens is 4. The molecular formula is C12H10N4S. The Bertz CT molecular complexity index is 727. The summed E-state index contributed by atoms with van der Waals surface area (Å²) in [5.74, 6) is 0.689. The zero-order valence-electron chi connectivity index (χ0n) is 9.21. The Morgan fingerprint density at radius 3 is 2.71 bits per heavy atom. The maximum absolute atomic E-state index is 5.19. The maximum atomic E-state index is 5.19. The number of aromatic amines is 1. The minimum atomic E-state index is 0.495. The first-order chi connectivity index (χ1) is 8.24. The van der Waals surface area contributed by atoms with E-state index in [1.54, 1.807) is 4.52 Å². The highest BCUT2D eigenvalue weighted by atomic mass is 32.1. The standard InChI is InChI=1S/C12H10N4S/c1-8-13-11-7-10(9-5-3-2-4-6-9)15-16(11)12(17)14-8/h2-7,15H,1H3. The monoisotopic (exact) mass is 242 g/mol. The third kappa shape index (κ3) is 1.74. The van der Waals surface area contributed by atoms with Gasteiger partial charge in [-0.25, -0.2) is 14.5 Å². The van der Waals surface area contributed by atoms with E-state index in [-0.39, 0.29) is 0 Å². The van der Waals surface area contributed by atoms with Crippen LogP contribution in [0.15, 0.2) is 36.4 Å². The first-order valence-corrected chi connectivity index (χ1v) is 5.67. The first kappa shape index (κ1) is 10.2. The number of hydrogen-bond donors (Lipinski definition) is 1. The molecule has 0 atom stereocenters. The van der Waals surface area contributed by atoms with E-state index in [4.69, 9.17) is 12.2 Å². The third-order valence-electron chi connectivity index (χ3n) is 2.54. The molecule has 3 aromatic rings. The number of nitrogens with zero attached hydrogens (tertiary/aromatic N) is 3. The number of H-pyrrole nitrogens is 1. The SMILES string of the molecule is Cc1nc(=S)n2[nH]c(-c3ccccc3)cc2n1. The van der Waals surface area contributed by atoms with Crippen LogP contribution in [0.3, 0.4) is 0 Å². The predicted octanol–water partition coefficient (Wildman–Crippen LogP) is 2.76. The number of benzene rings is 1. The van der Waals surface area contributed by atoms with Gasteiger partial charge in [0.15, 0.2) is 5.65 Å². The van der Waals surface area contributed by atoms with Gasteiger partial charge in [0.25, 0.3) is 0 Å². The molecule has 4 nitrogen and oxygen atoms in total. The van der Waals surface area contributed by atoms with Crippen LogP contribution in [-0.4, -0.2) is 19.6 Å². The fourth-order valence-electron chi connectivity index (χ4n) is 1.78. The minimum absolute atomic E-state index is 0.495. The number of nitrogens with one attached hydrogen (secondary N) is 1. The van der Waals surface area contributed by atoms with Crippen LogP contribution in [0.5, 0.6) is 0 Å². The first-order valence-electron chi connectivity index (χ1n) is 5.26. The predicted molar refractivity (Wildman–Crippen MR) is 68.3 cm³/mol. The normalized spacial score (nSPS) is 10.9. The van der Waals surface area contributed by atoms with E-state index in [1.165, 1.54) is 0 Å². The summed E-state index contributed by atoms with van der Waals surface area (Å²) in [7, 11) is 0. The van der Waals surface area contributed by atoms with Crippen LogP contribution in [0.25, 0.3) is 16.9 Å². The molecule has 1 N–H and O–H groups in total. The van der Waals surface area contributed by atoms with E-state index in [0.29, 0.717) is 10.6 Å². The molecular weight excluding hydrogens is 232 g/mol. The summed E-state index contributed by atoms with van der Waals surface area (Å²) in [6.07, 6.45) is 0. The van der Waals surface area contributed by atoms with Crippen molar-refractivity contribution in [1.29, 1.82) is 0 Å². The lowest BCUT2D eigenvalue weighted by atomic mass is 10.2. The van der Waals surface area contributed by atoms with Gasteiger partial charge in [0.2, 0.25) is 4.77 Å². The minimum Gasteiger partial charge on any atom is -0.290 e. The average molecular weight is 242 g/mol. The molecule has 5 heteroatoms. The summed E-state index contributed by atoms with van der Waals surface area (Å²) in [5, 5.41) is 3.19. The second-order valence-corrected chi connectivity index (χ2v) is 4.15. The lowest BCUT2D eigenvalue weighted by Gasteiger charge is -1.95. The van der Waals surface area contributed by atoms with Crippen LogP contribution in [0.1, 0.15) is 5.82 Å². The molecule has 0 saturated heterocycles.